The number of aromatic amines is 2. The second kappa shape index (κ2) is 8.77. The number of imidazole rings is 1. The fraction of sp³-hybridized carbons (Fsp3) is 0.348. The number of carbonyl (C=O) groups is 2. The van der Waals surface area contributed by atoms with Gasteiger partial charge in [-0.25, -0.2) is 4.79 Å². The normalized spacial score (nSPS) is 15.7. The minimum atomic E-state index is -0.324. The van der Waals surface area contributed by atoms with E-state index in [1.807, 2.05) is 43.0 Å². The first-order chi connectivity index (χ1) is 14.9. The highest BCUT2D eigenvalue weighted by molar-refractivity contribution is 5.96. The van der Waals surface area contributed by atoms with Gasteiger partial charge in [0.15, 0.2) is 0 Å². The van der Waals surface area contributed by atoms with Crippen LogP contribution in [-0.4, -0.2) is 63.8 Å². The topological polar surface area (TPSA) is 101 Å². The van der Waals surface area contributed by atoms with E-state index < -0.39 is 0 Å². The Morgan fingerprint density at radius 3 is 2.48 bits per heavy atom. The second-order valence-electron chi connectivity index (χ2n) is 8.02. The van der Waals surface area contributed by atoms with Gasteiger partial charge in [0.25, 0.3) is 0 Å². The molecule has 31 heavy (non-hydrogen) atoms. The summed E-state index contributed by atoms with van der Waals surface area (Å²) in [5.74, 6) is 0.0109. The van der Waals surface area contributed by atoms with E-state index in [-0.39, 0.29) is 23.5 Å². The number of rotatable bonds is 5. The fourth-order valence-electron chi connectivity index (χ4n) is 3.96. The standard InChI is InChI=1S/C23H27N5O3/c1-15-5-3-4-6-17(15)13-21(29)28-11-9-27(10-12-28)16(2)22(30)24-18-7-8-19-20(14-18)26-23(31)25-19/h3-8,14,16H,9-13H2,1-2H3,(H,24,30)(H2,25,26,31). The first kappa shape index (κ1) is 20.9. The third-order valence-corrected chi connectivity index (χ3v) is 5.98. The first-order valence-corrected chi connectivity index (χ1v) is 10.5. The van der Waals surface area contributed by atoms with Crippen molar-refractivity contribution >= 4 is 28.5 Å². The average Bonchev–Trinajstić information content (AvgIpc) is 3.14. The highest BCUT2D eigenvalue weighted by atomic mass is 16.2. The number of aromatic nitrogens is 2. The minimum Gasteiger partial charge on any atom is -0.340 e. The lowest BCUT2D eigenvalue weighted by Gasteiger charge is -2.37. The van der Waals surface area contributed by atoms with Crippen LogP contribution in [0, 0.1) is 6.92 Å². The van der Waals surface area contributed by atoms with Crippen LogP contribution in [0.15, 0.2) is 47.3 Å². The van der Waals surface area contributed by atoms with E-state index >= 15 is 0 Å². The molecular formula is C23H27N5O3. The summed E-state index contributed by atoms with van der Waals surface area (Å²) in [5.41, 5.74) is 3.89. The van der Waals surface area contributed by atoms with E-state index in [0.717, 1.165) is 11.1 Å². The second-order valence-corrected chi connectivity index (χ2v) is 8.02. The summed E-state index contributed by atoms with van der Waals surface area (Å²) >= 11 is 0. The van der Waals surface area contributed by atoms with E-state index in [2.05, 4.69) is 20.2 Å². The summed E-state index contributed by atoms with van der Waals surface area (Å²) in [6.07, 6.45) is 0.409. The maximum Gasteiger partial charge on any atom is 0.323 e. The van der Waals surface area contributed by atoms with Crippen molar-refractivity contribution in [3.05, 3.63) is 64.1 Å². The summed E-state index contributed by atoms with van der Waals surface area (Å²) in [6, 6.07) is 12.9. The largest absolute Gasteiger partial charge is 0.340 e. The van der Waals surface area contributed by atoms with E-state index in [1.54, 1.807) is 18.2 Å². The van der Waals surface area contributed by atoms with Crippen LogP contribution < -0.4 is 11.0 Å². The number of carbonyl (C=O) groups excluding carboxylic acids is 2. The Labute approximate surface area is 180 Å². The maximum atomic E-state index is 12.7. The zero-order valence-electron chi connectivity index (χ0n) is 17.8. The van der Waals surface area contributed by atoms with Gasteiger partial charge in [-0.2, -0.15) is 0 Å². The van der Waals surface area contributed by atoms with Crippen LogP contribution >= 0.6 is 0 Å². The molecule has 1 fully saturated rings. The predicted octanol–water partition coefficient (Wildman–Crippen LogP) is 1.88. The van der Waals surface area contributed by atoms with Crippen molar-refractivity contribution in [2.75, 3.05) is 31.5 Å². The van der Waals surface area contributed by atoms with Crippen molar-refractivity contribution in [2.24, 2.45) is 0 Å². The maximum absolute atomic E-state index is 12.7. The van der Waals surface area contributed by atoms with Crippen LogP contribution in [-0.2, 0) is 16.0 Å². The number of piperazine rings is 1. The van der Waals surface area contributed by atoms with Crippen LogP contribution in [0.1, 0.15) is 18.1 Å². The van der Waals surface area contributed by atoms with Crippen molar-refractivity contribution in [2.45, 2.75) is 26.3 Å². The number of anilines is 1. The summed E-state index contributed by atoms with van der Waals surface area (Å²) < 4.78 is 0. The monoisotopic (exact) mass is 421 g/mol. The molecule has 162 valence electrons. The van der Waals surface area contributed by atoms with Crippen molar-refractivity contribution in [1.82, 2.24) is 19.8 Å². The molecule has 0 spiro atoms. The van der Waals surface area contributed by atoms with Gasteiger partial charge >= 0.3 is 5.69 Å². The molecule has 2 amide bonds. The zero-order chi connectivity index (χ0) is 22.0. The molecule has 2 aromatic carbocycles. The Bertz CT molecular complexity index is 1160. The first-order valence-electron chi connectivity index (χ1n) is 10.5. The summed E-state index contributed by atoms with van der Waals surface area (Å²) in [5, 5.41) is 2.92. The SMILES string of the molecule is Cc1ccccc1CC(=O)N1CCN(C(C)C(=O)Nc2ccc3[nH]c(=O)[nH]c3c2)CC1. The van der Waals surface area contributed by atoms with Crippen molar-refractivity contribution < 1.29 is 9.59 Å². The van der Waals surface area contributed by atoms with Gasteiger partial charge in [0.05, 0.1) is 23.5 Å². The molecule has 8 nitrogen and oxygen atoms in total. The number of hydrogen-bond acceptors (Lipinski definition) is 4. The smallest absolute Gasteiger partial charge is 0.323 e. The molecule has 2 heterocycles. The number of hydrogen-bond donors (Lipinski definition) is 3. The molecule has 0 aliphatic carbocycles. The Kier molecular flexibility index (Phi) is 5.90. The molecule has 0 radical (unpaired) electrons. The lowest BCUT2D eigenvalue weighted by Crippen LogP contribution is -2.54. The minimum absolute atomic E-state index is 0.114. The van der Waals surface area contributed by atoms with E-state index in [1.165, 1.54) is 0 Å². The molecule has 8 heteroatoms. The van der Waals surface area contributed by atoms with Crippen molar-refractivity contribution in [3.8, 4) is 0 Å². The molecule has 1 atom stereocenters. The number of amides is 2. The number of nitrogens with one attached hydrogen (secondary N) is 3. The van der Waals surface area contributed by atoms with Gasteiger partial charge in [-0.15, -0.1) is 0 Å². The summed E-state index contributed by atoms with van der Waals surface area (Å²) in [7, 11) is 0. The Morgan fingerprint density at radius 2 is 1.74 bits per heavy atom. The molecule has 3 aromatic rings. The van der Waals surface area contributed by atoms with Crippen LogP contribution in [0.25, 0.3) is 11.0 Å². The molecule has 1 aliphatic rings. The summed E-state index contributed by atoms with van der Waals surface area (Å²) in [6.45, 7) is 6.41. The van der Waals surface area contributed by atoms with Crippen LogP contribution in [0.5, 0.6) is 0 Å². The summed E-state index contributed by atoms with van der Waals surface area (Å²) in [4.78, 5) is 46.1. The molecular weight excluding hydrogens is 394 g/mol. The highest BCUT2D eigenvalue weighted by Crippen LogP contribution is 2.16. The lowest BCUT2D eigenvalue weighted by molar-refractivity contribution is -0.133. The molecule has 4 rings (SSSR count). The molecule has 1 aliphatic heterocycles. The molecule has 0 saturated carbocycles. The van der Waals surface area contributed by atoms with Gasteiger partial charge in [-0.05, 0) is 43.2 Å². The quantitative estimate of drug-likeness (QED) is 0.585. The Hall–Kier alpha value is -3.39. The van der Waals surface area contributed by atoms with Crippen molar-refractivity contribution in [3.63, 3.8) is 0 Å². The Morgan fingerprint density at radius 1 is 1.03 bits per heavy atom. The number of fused-ring (bicyclic) bond motifs is 1. The number of H-pyrrole nitrogens is 2. The molecule has 3 N–H and O–H groups in total. The number of benzene rings is 2. The average molecular weight is 422 g/mol. The number of aryl methyl sites for hydroxylation is 1. The van der Waals surface area contributed by atoms with Gasteiger partial charge in [0.2, 0.25) is 11.8 Å². The van der Waals surface area contributed by atoms with Gasteiger partial charge in [-0.3, -0.25) is 14.5 Å². The van der Waals surface area contributed by atoms with Gasteiger partial charge in [0.1, 0.15) is 0 Å². The zero-order valence-corrected chi connectivity index (χ0v) is 17.8. The fourth-order valence-corrected chi connectivity index (χ4v) is 3.96. The third-order valence-electron chi connectivity index (χ3n) is 5.98. The van der Waals surface area contributed by atoms with Crippen LogP contribution in [0.2, 0.25) is 0 Å². The van der Waals surface area contributed by atoms with Gasteiger partial charge in [-0.1, -0.05) is 24.3 Å². The van der Waals surface area contributed by atoms with Gasteiger partial charge < -0.3 is 20.2 Å². The van der Waals surface area contributed by atoms with E-state index in [9.17, 15) is 14.4 Å². The van der Waals surface area contributed by atoms with Crippen LogP contribution in [0.3, 0.4) is 0 Å². The molecule has 1 saturated heterocycles. The Balaban J connectivity index is 1.31. The number of nitrogens with zero attached hydrogens (tertiary/aromatic N) is 2. The van der Waals surface area contributed by atoms with E-state index in [0.29, 0.717) is 49.3 Å². The van der Waals surface area contributed by atoms with E-state index in [4.69, 9.17) is 0 Å². The van der Waals surface area contributed by atoms with Gasteiger partial charge in [0, 0.05) is 31.9 Å². The molecule has 1 aromatic heterocycles. The van der Waals surface area contributed by atoms with Crippen molar-refractivity contribution in [1.29, 1.82) is 0 Å². The molecule has 0 bridgehead atoms. The van der Waals surface area contributed by atoms with Crippen LogP contribution in [0.4, 0.5) is 5.69 Å². The molecule has 1 unspecified atom stereocenters. The highest BCUT2D eigenvalue weighted by Gasteiger charge is 2.27. The third kappa shape index (κ3) is 4.69. The lowest BCUT2D eigenvalue weighted by atomic mass is 10.0. The predicted molar refractivity (Wildman–Crippen MR) is 120 cm³/mol.